The second-order valence-electron chi connectivity index (χ2n) is 10.6. The summed E-state index contributed by atoms with van der Waals surface area (Å²) in [6.07, 6.45) is 7.17. The molecule has 0 radical (unpaired) electrons. The fraction of sp³-hybridized carbons (Fsp3) is 0.353. The fourth-order valence-electron chi connectivity index (χ4n) is 5.68. The number of aliphatic carboxylic acids is 1. The normalized spacial score (nSPS) is 15.9. The summed E-state index contributed by atoms with van der Waals surface area (Å²) in [5.74, 6) is -0.166. The number of para-hydroxylation sites is 1. The van der Waals surface area contributed by atoms with Gasteiger partial charge in [0.15, 0.2) is 17.3 Å². The number of benzene rings is 3. The minimum absolute atomic E-state index is 0.0321. The molecule has 6 nitrogen and oxygen atoms in total. The molecule has 40 heavy (non-hydrogen) atoms. The zero-order valence-corrected chi connectivity index (χ0v) is 23.3. The highest BCUT2D eigenvalue weighted by molar-refractivity contribution is 6.09. The van der Waals surface area contributed by atoms with Gasteiger partial charge in [0, 0.05) is 59.6 Å². The molecule has 208 valence electrons. The van der Waals surface area contributed by atoms with Crippen molar-refractivity contribution in [2.24, 2.45) is 0 Å². The van der Waals surface area contributed by atoms with Gasteiger partial charge in [-0.2, -0.15) is 0 Å². The van der Waals surface area contributed by atoms with Gasteiger partial charge in [0.1, 0.15) is 0 Å². The van der Waals surface area contributed by atoms with E-state index in [0.717, 1.165) is 71.2 Å². The van der Waals surface area contributed by atoms with Crippen LogP contribution in [0.1, 0.15) is 79.4 Å². The van der Waals surface area contributed by atoms with E-state index in [1.165, 1.54) is 0 Å². The first-order valence-corrected chi connectivity index (χ1v) is 14.4. The van der Waals surface area contributed by atoms with E-state index in [1.54, 1.807) is 0 Å². The lowest BCUT2D eigenvalue weighted by Gasteiger charge is -2.28. The lowest BCUT2D eigenvalue weighted by molar-refractivity contribution is -0.137. The minimum atomic E-state index is -0.867. The molecular formula is C34H37NO5. The zero-order chi connectivity index (χ0) is 28.1. The maximum absolute atomic E-state index is 13.8. The molecule has 0 saturated carbocycles. The summed E-state index contributed by atoms with van der Waals surface area (Å²) in [7, 11) is 0. The molecular weight excluding hydrogens is 502 g/mol. The number of carbonyl (C=O) groups excluding carboxylic acids is 1. The van der Waals surface area contributed by atoms with E-state index in [2.05, 4.69) is 26.0 Å². The van der Waals surface area contributed by atoms with Crippen LogP contribution in [0.25, 0.3) is 10.9 Å². The molecule has 1 aliphatic heterocycles. The lowest BCUT2D eigenvalue weighted by Crippen LogP contribution is -2.35. The van der Waals surface area contributed by atoms with Gasteiger partial charge in [-0.15, -0.1) is 0 Å². The first-order chi connectivity index (χ1) is 19.5. The number of carboxylic acid groups (broad SMARTS) is 1. The van der Waals surface area contributed by atoms with Crippen LogP contribution in [0.4, 0.5) is 0 Å². The zero-order valence-electron chi connectivity index (χ0n) is 23.3. The summed E-state index contributed by atoms with van der Waals surface area (Å²) in [5, 5.41) is 9.95. The van der Waals surface area contributed by atoms with E-state index in [1.807, 2.05) is 65.4 Å². The molecule has 1 aromatic heterocycles. The molecule has 1 unspecified atom stereocenters. The number of hydrogen-bond acceptors (Lipinski definition) is 4. The fourth-order valence-corrected chi connectivity index (χ4v) is 5.68. The summed E-state index contributed by atoms with van der Waals surface area (Å²) >= 11 is 0. The van der Waals surface area contributed by atoms with Crippen LogP contribution in [-0.4, -0.2) is 21.4 Å². The van der Waals surface area contributed by atoms with Crippen molar-refractivity contribution in [3.63, 3.8) is 0 Å². The smallest absolute Gasteiger partial charge is 0.303 e. The second-order valence-corrected chi connectivity index (χ2v) is 10.6. The number of aromatic nitrogens is 1. The van der Waals surface area contributed by atoms with Crippen LogP contribution >= 0.6 is 0 Å². The number of carboxylic acids is 1. The van der Waals surface area contributed by atoms with E-state index in [0.29, 0.717) is 18.5 Å². The molecule has 1 atom stereocenters. The molecule has 0 saturated heterocycles. The highest BCUT2D eigenvalue weighted by Crippen LogP contribution is 2.49. The highest BCUT2D eigenvalue weighted by atomic mass is 16.7. The number of hydrogen-bond donors (Lipinski definition) is 1. The molecule has 1 N–H and O–H groups in total. The number of unbranched alkanes of at least 4 members (excludes halogenated alkanes) is 1. The molecule has 4 aromatic rings. The Morgan fingerprint density at radius 1 is 0.900 bits per heavy atom. The van der Waals surface area contributed by atoms with Gasteiger partial charge in [-0.3, -0.25) is 9.59 Å². The topological polar surface area (TPSA) is 77.8 Å². The predicted molar refractivity (Wildman–Crippen MR) is 156 cm³/mol. The number of nitrogens with zero attached hydrogens (tertiary/aromatic N) is 1. The van der Waals surface area contributed by atoms with Crippen molar-refractivity contribution in [3.05, 3.63) is 95.2 Å². The van der Waals surface area contributed by atoms with Crippen molar-refractivity contribution in [2.45, 2.75) is 77.5 Å². The van der Waals surface area contributed by atoms with Crippen LogP contribution in [0.5, 0.6) is 11.5 Å². The van der Waals surface area contributed by atoms with Gasteiger partial charge in [-0.05, 0) is 37.0 Å². The highest BCUT2D eigenvalue weighted by Gasteiger charge is 2.44. The summed E-state index contributed by atoms with van der Waals surface area (Å²) in [5.41, 5.74) is 4.59. The third-order valence-corrected chi connectivity index (χ3v) is 7.67. The van der Waals surface area contributed by atoms with Gasteiger partial charge in [0.25, 0.3) is 5.79 Å². The number of ether oxygens (including phenoxy) is 2. The van der Waals surface area contributed by atoms with Crippen LogP contribution in [0.2, 0.25) is 0 Å². The van der Waals surface area contributed by atoms with Crippen LogP contribution in [-0.2, 0) is 30.0 Å². The Morgan fingerprint density at radius 2 is 1.68 bits per heavy atom. The van der Waals surface area contributed by atoms with E-state index < -0.39 is 11.8 Å². The van der Waals surface area contributed by atoms with Gasteiger partial charge in [-0.25, -0.2) is 0 Å². The number of ketones is 1. The molecule has 5 rings (SSSR count). The van der Waals surface area contributed by atoms with Crippen molar-refractivity contribution >= 4 is 22.7 Å². The molecule has 1 aliphatic rings. The third kappa shape index (κ3) is 5.48. The maximum Gasteiger partial charge on any atom is 0.303 e. The molecule has 0 spiro atoms. The van der Waals surface area contributed by atoms with Gasteiger partial charge in [0.05, 0.1) is 0 Å². The Bertz CT molecular complexity index is 1510. The van der Waals surface area contributed by atoms with Crippen molar-refractivity contribution < 1.29 is 24.2 Å². The number of carbonyl (C=O) groups is 2. The Labute approximate surface area is 235 Å². The van der Waals surface area contributed by atoms with E-state index in [4.69, 9.17) is 14.6 Å². The van der Waals surface area contributed by atoms with Crippen molar-refractivity contribution in [1.29, 1.82) is 0 Å². The molecule has 0 bridgehead atoms. The molecule has 0 aliphatic carbocycles. The average Bonchev–Trinajstić information content (AvgIpc) is 3.53. The molecule has 3 aromatic carbocycles. The molecule has 6 heteroatoms. The van der Waals surface area contributed by atoms with Crippen LogP contribution in [0, 0.1) is 0 Å². The Kier molecular flexibility index (Phi) is 8.24. The van der Waals surface area contributed by atoms with Gasteiger partial charge in [0.2, 0.25) is 0 Å². The Balaban J connectivity index is 1.46. The van der Waals surface area contributed by atoms with E-state index in [-0.39, 0.29) is 18.6 Å². The number of Topliss-reactive ketones (excluding diaryl/α,β-unsaturated/α-hetero) is 1. The summed E-state index contributed by atoms with van der Waals surface area (Å²) in [6, 6.07) is 21.9. The number of fused-ring (bicyclic) bond motifs is 2. The van der Waals surface area contributed by atoms with Crippen LogP contribution in [0.15, 0.2) is 72.9 Å². The largest absolute Gasteiger partial charge is 0.481 e. The van der Waals surface area contributed by atoms with Gasteiger partial charge in [-0.1, -0.05) is 81.3 Å². The van der Waals surface area contributed by atoms with E-state index in [9.17, 15) is 9.59 Å². The van der Waals surface area contributed by atoms with Gasteiger partial charge >= 0.3 is 5.97 Å². The predicted octanol–water partition coefficient (Wildman–Crippen LogP) is 7.70. The summed E-state index contributed by atoms with van der Waals surface area (Å²) < 4.78 is 15.3. The van der Waals surface area contributed by atoms with Crippen molar-refractivity contribution in [1.82, 2.24) is 4.57 Å². The molecule has 0 amide bonds. The van der Waals surface area contributed by atoms with Crippen molar-refractivity contribution in [3.8, 4) is 11.5 Å². The average molecular weight is 540 g/mol. The number of aryl methyl sites for hydroxylation is 1. The third-order valence-electron chi connectivity index (χ3n) is 7.67. The first kappa shape index (κ1) is 27.5. The number of rotatable bonds is 13. The second kappa shape index (κ2) is 12.0. The van der Waals surface area contributed by atoms with Crippen molar-refractivity contribution in [2.75, 3.05) is 0 Å². The van der Waals surface area contributed by atoms with Crippen LogP contribution < -0.4 is 9.47 Å². The van der Waals surface area contributed by atoms with Gasteiger partial charge < -0.3 is 19.1 Å². The lowest BCUT2D eigenvalue weighted by atomic mass is 9.95. The molecule has 0 fully saturated rings. The standard InChI is InChI=1S/C34H37NO5/c1-3-5-20-34(25-13-7-6-8-14-25)39-31-19-18-24(26(12-4-2)33(31)40-34)22-30(36)28-23-35(21-11-17-32(37)38)29-16-10-9-15-27(28)29/h6-10,13-16,18-19,23H,3-5,11-12,17,20-22H2,1-2H3,(H,37,38). The SMILES string of the molecule is CCCCC1(c2ccccc2)Oc2ccc(CC(=O)c3cn(CCCC(=O)O)c4ccccc34)c(CCC)c2O1. The van der Waals surface area contributed by atoms with Crippen LogP contribution in [0.3, 0.4) is 0 Å². The Hall–Kier alpha value is -4.06. The monoisotopic (exact) mass is 539 g/mol. The molecule has 2 heterocycles. The minimum Gasteiger partial charge on any atom is -0.481 e. The summed E-state index contributed by atoms with van der Waals surface area (Å²) in [6.45, 7) is 4.84. The maximum atomic E-state index is 13.8. The summed E-state index contributed by atoms with van der Waals surface area (Å²) in [4.78, 5) is 24.8. The Morgan fingerprint density at radius 3 is 2.42 bits per heavy atom. The first-order valence-electron chi connectivity index (χ1n) is 14.4. The van der Waals surface area contributed by atoms with E-state index >= 15 is 0 Å². The quantitative estimate of drug-likeness (QED) is 0.176.